The monoisotopic (exact) mass is 375 g/mol. The molecule has 0 saturated heterocycles. The Bertz CT molecular complexity index is 600. The summed E-state index contributed by atoms with van der Waals surface area (Å²) in [5.41, 5.74) is 0. The maximum Gasteiger partial charge on any atom is 0.406 e. The lowest BCUT2D eigenvalue weighted by atomic mass is 10.1. The average Bonchev–Trinajstić information content (AvgIpc) is 3.25. The molecule has 6 nitrogen and oxygen atoms in total. The van der Waals surface area contributed by atoms with Crippen molar-refractivity contribution < 1.29 is 27.2 Å². The van der Waals surface area contributed by atoms with E-state index in [4.69, 9.17) is 4.42 Å². The quantitative estimate of drug-likeness (QED) is 0.717. The van der Waals surface area contributed by atoms with Gasteiger partial charge in [-0.1, -0.05) is 0 Å². The normalized spacial score (nSPS) is 15.8. The fraction of sp³-hybridized carbons (Fsp3) is 0.647. The van der Waals surface area contributed by atoms with Crippen molar-refractivity contribution in [3.05, 3.63) is 24.2 Å². The Morgan fingerprint density at radius 3 is 2.58 bits per heavy atom. The summed E-state index contributed by atoms with van der Waals surface area (Å²) < 4.78 is 43.5. The molecule has 1 aliphatic rings. The van der Waals surface area contributed by atoms with Crippen molar-refractivity contribution in [1.82, 2.24) is 15.1 Å². The van der Waals surface area contributed by atoms with Crippen LogP contribution in [0.15, 0.2) is 22.8 Å². The smallest absolute Gasteiger partial charge is 0.406 e. The second-order valence-corrected chi connectivity index (χ2v) is 6.74. The molecule has 1 aliphatic carbocycles. The first-order chi connectivity index (χ1) is 12.2. The molecule has 1 N–H and O–H groups in total. The van der Waals surface area contributed by atoms with Crippen molar-refractivity contribution in [2.24, 2.45) is 5.92 Å². The molecule has 1 atom stereocenters. The largest absolute Gasteiger partial charge is 0.467 e. The Kier molecular flexibility index (Phi) is 6.69. The lowest BCUT2D eigenvalue weighted by molar-refractivity contribution is -0.166. The second kappa shape index (κ2) is 8.57. The average molecular weight is 375 g/mol. The summed E-state index contributed by atoms with van der Waals surface area (Å²) in [5.74, 6) is -0.243. The van der Waals surface area contributed by atoms with Crippen molar-refractivity contribution in [2.75, 3.05) is 26.7 Å². The number of carbonyl (C=O) groups is 2. The van der Waals surface area contributed by atoms with E-state index in [1.165, 1.54) is 18.2 Å². The van der Waals surface area contributed by atoms with Crippen molar-refractivity contribution in [3.8, 4) is 0 Å². The highest BCUT2D eigenvalue weighted by Crippen LogP contribution is 2.36. The molecule has 1 aromatic rings. The van der Waals surface area contributed by atoms with Crippen LogP contribution in [0.3, 0.4) is 0 Å². The summed E-state index contributed by atoms with van der Waals surface area (Å²) >= 11 is 0. The number of likely N-dealkylation sites (N-methyl/N-ethyl adjacent to an activating group) is 1. The van der Waals surface area contributed by atoms with Gasteiger partial charge in [-0.15, -0.1) is 0 Å². The summed E-state index contributed by atoms with van der Waals surface area (Å²) in [6.45, 7) is 0.261. The Balaban J connectivity index is 1.83. The minimum absolute atomic E-state index is 0.0931. The number of hydrogen-bond donors (Lipinski definition) is 1. The molecule has 2 amide bonds. The molecule has 0 bridgehead atoms. The van der Waals surface area contributed by atoms with Crippen LogP contribution in [-0.4, -0.2) is 60.5 Å². The number of halogens is 3. The van der Waals surface area contributed by atoms with Crippen LogP contribution in [0.4, 0.5) is 13.2 Å². The molecular formula is C17H24F3N3O3. The SMILES string of the molecule is CC(C1CC1)N(CC(F)(F)F)C(=O)CN(C)CC(=O)NCc1ccco1. The van der Waals surface area contributed by atoms with Gasteiger partial charge in [0, 0.05) is 6.04 Å². The van der Waals surface area contributed by atoms with E-state index in [9.17, 15) is 22.8 Å². The lowest BCUT2D eigenvalue weighted by Gasteiger charge is -2.31. The first-order valence-electron chi connectivity index (χ1n) is 8.49. The zero-order chi connectivity index (χ0) is 19.3. The summed E-state index contributed by atoms with van der Waals surface area (Å²) in [4.78, 5) is 26.5. The molecule has 1 heterocycles. The minimum Gasteiger partial charge on any atom is -0.467 e. The Hall–Kier alpha value is -2.03. The molecule has 26 heavy (non-hydrogen) atoms. The standard InChI is InChI=1S/C17H24F3N3O3/c1-12(13-5-6-13)23(11-17(18,19)20)16(25)10-22(2)9-15(24)21-8-14-4-3-7-26-14/h3-4,7,12-13H,5-6,8-11H2,1-2H3,(H,21,24). The van der Waals surface area contributed by atoms with Crippen LogP contribution in [0.1, 0.15) is 25.5 Å². The van der Waals surface area contributed by atoms with Crippen LogP contribution in [0, 0.1) is 5.92 Å². The minimum atomic E-state index is -4.45. The predicted molar refractivity (Wildman–Crippen MR) is 88.0 cm³/mol. The van der Waals surface area contributed by atoms with E-state index in [-0.39, 0.29) is 31.5 Å². The van der Waals surface area contributed by atoms with Crippen molar-refractivity contribution in [3.63, 3.8) is 0 Å². The van der Waals surface area contributed by atoms with Crippen LogP contribution in [0.5, 0.6) is 0 Å². The number of furan rings is 1. The first kappa shape index (κ1) is 20.3. The third-order valence-corrected chi connectivity index (χ3v) is 4.32. The predicted octanol–water partition coefficient (Wildman–Crippen LogP) is 2.02. The Labute approximate surface area is 150 Å². The van der Waals surface area contributed by atoms with Crippen LogP contribution >= 0.6 is 0 Å². The highest BCUT2D eigenvalue weighted by Gasteiger charge is 2.40. The number of hydrogen-bond acceptors (Lipinski definition) is 4. The molecule has 0 aromatic carbocycles. The van der Waals surface area contributed by atoms with Crippen LogP contribution in [0.2, 0.25) is 0 Å². The van der Waals surface area contributed by atoms with Crippen LogP contribution < -0.4 is 5.32 Å². The molecule has 1 aromatic heterocycles. The molecule has 1 unspecified atom stereocenters. The summed E-state index contributed by atoms with van der Waals surface area (Å²) in [5, 5.41) is 2.63. The van der Waals surface area contributed by atoms with Crippen LogP contribution in [0.25, 0.3) is 0 Å². The third kappa shape index (κ3) is 6.70. The summed E-state index contributed by atoms with van der Waals surface area (Å²) in [6, 6.07) is 2.95. The molecular weight excluding hydrogens is 351 g/mol. The van der Waals surface area contributed by atoms with E-state index < -0.39 is 24.7 Å². The van der Waals surface area contributed by atoms with E-state index >= 15 is 0 Å². The zero-order valence-corrected chi connectivity index (χ0v) is 14.9. The second-order valence-electron chi connectivity index (χ2n) is 6.74. The van der Waals surface area contributed by atoms with E-state index in [2.05, 4.69) is 5.32 Å². The molecule has 2 rings (SSSR count). The molecule has 1 fully saturated rings. The Morgan fingerprint density at radius 1 is 1.35 bits per heavy atom. The van der Waals surface area contributed by atoms with E-state index in [0.717, 1.165) is 17.7 Å². The summed E-state index contributed by atoms with van der Waals surface area (Å²) in [6.07, 6.45) is -1.28. The molecule has 0 aliphatic heterocycles. The highest BCUT2D eigenvalue weighted by atomic mass is 19.4. The number of rotatable bonds is 9. The highest BCUT2D eigenvalue weighted by molar-refractivity contribution is 5.81. The van der Waals surface area contributed by atoms with Gasteiger partial charge in [0.15, 0.2) is 0 Å². The number of nitrogens with zero attached hydrogens (tertiary/aromatic N) is 2. The fourth-order valence-electron chi connectivity index (χ4n) is 2.76. The maximum atomic E-state index is 12.8. The van der Waals surface area contributed by atoms with Gasteiger partial charge in [-0.3, -0.25) is 14.5 Å². The lowest BCUT2D eigenvalue weighted by Crippen LogP contribution is -2.49. The number of amides is 2. The zero-order valence-electron chi connectivity index (χ0n) is 14.9. The van der Waals surface area contributed by atoms with Gasteiger partial charge in [-0.2, -0.15) is 13.2 Å². The number of carbonyl (C=O) groups excluding carboxylic acids is 2. The molecule has 146 valence electrons. The van der Waals surface area contributed by atoms with Crippen molar-refractivity contribution in [2.45, 2.75) is 38.5 Å². The third-order valence-electron chi connectivity index (χ3n) is 4.32. The number of nitrogens with one attached hydrogen (secondary N) is 1. The van der Waals surface area contributed by atoms with Crippen molar-refractivity contribution in [1.29, 1.82) is 0 Å². The fourth-order valence-corrected chi connectivity index (χ4v) is 2.76. The molecule has 1 saturated carbocycles. The van der Waals surface area contributed by atoms with E-state index in [1.54, 1.807) is 19.1 Å². The van der Waals surface area contributed by atoms with E-state index in [0.29, 0.717) is 5.76 Å². The van der Waals surface area contributed by atoms with Crippen molar-refractivity contribution >= 4 is 11.8 Å². The molecule has 0 radical (unpaired) electrons. The van der Waals surface area contributed by atoms with Gasteiger partial charge < -0.3 is 14.6 Å². The van der Waals surface area contributed by atoms with Gasteiger partial charge in [0.2, 0.25) is 11.8 Å². The van der Waals surface area contributed by atoms with Gasteiger partial charge in [0.05, 0.1) is 25.9 Å². The van der Waals surface area contributed by atoms with Gasteiger partial charge in [-0.05, 0) is 44.9 Å². The maximum absolute atomic E-state index is 12.8. The Morgan fingerprint density at radius 2 is 2.04 bits per heavy atom. The molecule has 9 heteroatoms. The van der Waals surface area contributed by atoms with E-state index in [1.807, 2.05) is 0 Å². The van der Waals surface area contributed by atoms with Gasteiger partial charge >= 0.3 is 6.18 Å². The number of alkyl halides is 3. The van der Waals surface area contributed by atoms with Crippen LogP contribution in [-0.2, 0) is 16.1 Å². The topological polar surface area (TPSA) is 65.8 Å². The molecule has 0 spiro atoms. The van der Waals surface area contributed by atoms with Gasteiger partial charge in [0.1, 0.15) is 12.3 Å². The van der Waals surface area contributed by atoms with Gasteiger partial charge in [-0.25, -0.2) is 0 Å². The van der Waals surface area contributed by atoms with Gasteiger partial charge in [0.25, 0.3) is 0 Å². The summed E-state index contributed by atoms with van der Waals surface area (Å²) in [7, 11) is 1.53. The first-order valence-corrected chi connectivity index (χ1v) is 8.49.